The summed E-state index contributed by atoms with van der Waals surface area (Å²) in [5.41, 5.74) is 1.21. The Balaban J connectivity index is 2.78. The van der Waals surface area contributed by atoms with Gasteiger partial charge < -0.3 is 4.90 Å². The van der Waals surface area contributed by atoms with Gasteiger partial charge >= 0.3 is 0 Å². The molecule has 0 fully saturated rings. The van der Waals surface area contributed by atoms with Crippen LogP contribution in [0.25, 0.3) is 0 Å². The molecule has 0 bridgehead atoms. The number of pyridine rings is 1. The molecule has 1 atom stereocenters. The first kappa shape index (κ1) is 11.5. The highest BCUT2D eigenvalue weighted by molar-refractivity contribution is 9.10. The van der Waals surface area contributed by atoms with Crippen molar-refractivity contribution < 1.29 is 0 Å². The van der Waals surface area contributed by atoms with E-state index >= 15 is 0 Å². The summed E-state index contributed by atoms with van der Waals surface area (Å²) in [5.74, 6) is 0. The van der Waals surface area contributed by atoms with Crippen LogP contribution in [0.4, 0.5) is 5.69 Å². The van der Waals surface area contributed by atoms with Gasteiger partial charge in [-0.15, -0.1) is 0 Å². The van der Waals surface area contributed by atoms with Crippen molar-refractivity contribution in [2.45, 2.75) is 32.7 Å². The minimum Gasteiger partial charge on any atom is -0.371 e. The van der Waals surface area contributed by atoms with Crippen LogP contribution in [0.5, 0.6) is 0 Å². The van der Waals surface area contributed by atoms with Gasteiger partial charge in [-0.25, -0.2) is 0 Å². The summed E-state index contributed by atoms with van der Waals surface area (Å²) in [4.78, 5) is 6.35. The SMILES string of the molecule is CCCC(C)N(C)c1ccncc1Br. The van der Waals surface area contributed by atoms with Crippen LogP contribution in [-0.2, 0) is 0 Å². The number of anilines is 1. The Morgan fingerprint density at radius 2 is 2.29 bits per heavy atom. The molecule has 0 aliphatic heterocycles. The van der Waals surface area contributed by atoms with Crippen LogP contribution in [0.1, 0.15) is 26.7 Å². The van der Waals surface area contributed by atoms with Crippen LogP contribution in [0.3, 0.4) is 0 Å². The maximum absolute atomic E-state index is 4.06. The van der Waals surface area contributed by atoms with Crippen molar-refractivity contribution in [3.05, 3.63) is 22.9 Å². The molecule has 0 aromatic carbocycles. The highest BCUT2D eigenvalue weighted by Crippen LogP contribution is 2.25. The predicted octanol–water partition coefficient (Wildman–Crippen LogP) is 3.47. The zero-order valence-corrected chi connectivity index (χ0v) is 10.6. The van der Waals surface area contributed by atoms with Crippen molar-refractivity contribution in [2.24, 2.45) is 0 Å². The van der Waals surface area contributed by atoms with Crippen molar-refractivity contribution >= 4 is 21.6 Å². The fourth-order valence-corrected chi connectivity index (χ4v) is 2.03. The summed E-state index contributed by atoms with van der Waals surface area (Å²) in [5, 5.41) is 0. The molecule has 0 amide bonds. The molecule has 0 saturated heterocycles. The van der Waals surface area contributed by atoms with Crippen LogP contribution in [-0.4, -0.2) is 18.1 Å². The maximum Gasteiger partial charge on any atom is 0.0592 e. The normalized spacial score (nSPS) is 12.6. The second-order valence-corrected chi connectivity index (χ2v) is 4.43. The average Bonchev–Trinajstić information content (AvgIpc) is 2.18. The van der Waals surface area contributed by atoms with Crippen LogP contribution in [0, 0.1) is 0 Å². The van der Waals surface area contributed by atoms with E-state index in [4.69, 9.17) is 0 Å². The minimum absolute atomic E-state index is 0.568. The monoisotopic (exact) mass is 256 g/mol. The van der Waals surface area contributed by atoms with Gasteiger partial charge in [0.05, 0.1) is 10.2 Å². The first-order chi connectivity index (χ1) is 6.66. The summed E-state index contributed by atoms with van der Waals surface area (Å²) < 4.78 is 1.06. The van der Waals surface area contributed by atoms with Crippen LogP contribution >= 0.6 is 15.9 Å². The lowest BCUT2D eigenvalue weighted by atomic mass is 10.1. The van der Waals surface area contributed by atoms with E-state index in [1.807, 2.05) is 18.5 Å². The third-order valence-electron chi connectivity index (χ3n) is 2.50. The number of hydrogen-bond donors (Lipinski definition) is 0. The molecule has 0 aliphatic carbocycles. The average molecular weight is 257 g/mol. The molecule has 3 heteroatoms. The van der Waals surface area contributed by atoms with Gasteiger partial charge in [0.2, 0.25) is 0 Å². The van der Waals surface area contributed by atoms with E-state index in [0.29, 0.717) is 6.04 Å². The van der Waals surface area contributed by atoms with Crippen molar-refractivity contribution in [3.63, 3.8) is 0 Å². The van der Waals surface area contributed by atoms with Crippen LogP contribution in [0.15, 0.2) is 22.9 Å². The molecular weight excluding hydrogens is 240 g/mol. The van der Waals surface area contributed by atoms with Crippen molar-refractivity contribution in [2.75, 3.05) is 11.9 Å². The summed E-state index contributed by atoms with van der Waals surface area (Å²) in [6.45, 7) is 4.46. The van der Waals surface area contributed by atoms with Gasteiger partial charge in [-0.3, -0.25) is 4.98 Å². The highest BCUT2D eigenvalue weighted by atomic mass is 79.9. The number of halogens is 1. The van der Waals surface area contributed by atoms with E-state index < -0.39 is 0 Å². The maximum atomic E-state index is 4.06. The third kappa shape index (κ3) is 2.71. The van der Waals surface area contributed by atoms with Gasteiger partial charge in [-0.05, 0) is 35.3 Å². The standard InChI is InChI=1S/C11H17BrN2/c1-4-5-9(2)14(3)11-6-7-13-8-10(11)12/h6-9H,4-5H2,1-3H3. The molecular formula is C11H17BrN2. The summed E-state index contributed by atoms with van der Waals surface area (Å²) in [6.07, 6.45) is 6.10. The van der Waals surface area contributed by atoms with Crippen molar-refractivity contribution in [3.8, 4) is 0 Å². The van der Waals surface area contributed by atoms with Gasteiger partial charge in [0.1, 0.15) is 0 Å². The Morgan fingerprint density at radius 3 is 2.86 bits per heavy atom. The summed E-state index contributed by atoms with van der Waals surface area (Å²) in [6, 6.07) is 2.61. The Bertz CT molecular complexity index is 288. The molecule has 1 unspecified atom stereocenters. The molecule has 0 aliphatic rings. The Labute approximate surface area is 94.5 Å². The largest absolute Gasteiger partial charge is 0.371 e. The van der Waals surface area contributed by atoms with Gasteiger partial charge in [-0.1, -0.05) is 13.3 Å². The van der Waals surface area contributed by atoms with Crippen LogP contribution < -0.4 is 4.90 Å². The summed E-state index contributed by atoms with van der Waals surface area (Å²) in [7, 11) is 2.13. The van der Waals surface area contributed by atoms with Gasteiger partial charge in [0.25, 0.3) is 0 Å². The molecule has 1 aromatic heterocycles. The Morgan fingerprint density at radius 1 is 1.57 bits per heavy atom. The fourth-order valence-electron chi connectivity index (χ4n) is 1.50. The first-order valence-electron chi connectivity index (χ1n) is 4.99. The van der Waals surface area contributed by atoms with E-state index in [1.165, 1.54) is 18.5 Å². The highest BCUT2D eigenvalue weighted by Gasteiger charge is 2.11. The van der Waals surface area contributed by atoms with E-state index in [2.05, 4.69) is 46.7 Å². The molecule has 14 heavy (non-hydrogen) atoms. The second-order valence-electron chi connectivity index (χ2n) is 3.58. The number of hydrogen-bond acceptors (Lipinski definition) is 2. The smallest absolute Gasteiger partial charge is 0.0592 e. The summed E-state index contributed by atoms with van der Waals surface area (Å²) >= 11 is 3.51. The molecule has 1 heterocycles. The lowest BCUT2D eigenvalue weighted by Gasteiger charge is -2.27. The van der Waals surface area contributed by atoms with Crippen LogP contribution in [0.2, 0.25) is 0 Å². The Hall–Kier alpha value is -0.570. The molecule has 0 N–H and O–H groups in total. The molecule has 0 spiro atoms. The number of aromatic nitrogens is 1. The topological polar surface area (TPSA) is 16.1 Å². The minimum atomic E-state index is 0.568. The van der Waals surface area contributed by atoms with E-state index in [9.17, 15) is 0 Å². The third-order valence-corrected chi connectivity index (χ3v) is 3.11. The van der Waals surface area contributed by atoms with E-state index in [0.717, 1.165) is 4.47 Å². The lowest BCUT2D eigenvalue weighted by Crippen LogP contribution is -2.28. The number of rotatable bonds is 4. The zero-order valence-electron chi connectivity index (χ0n) is 9.00. The first-order valence-corrected chi connectivity index (χ1v) is 5.78. The predicted molar refractivity (Wildman–Crippen MR) is 64.7 cm³/mol. The zero-order chi connectivity index (χ0) is 10.6. The fraction of sp³-hybridized carbons (Fsp3) is 0.545. The Kier molecular flexibility index (Phi) is 4.39. The lowest BCUT2D eigenvalue weighted by molar-refractivity contribution is 0.615. The van der Waals surface area contributed by atoms with E-state index in [-0.39, 0.29) is 0 Å². The molecule has 0 saturated carbocycles. The molecule has 1 aromatic rings. The van der Waals surface area contributed by atoms with E-state index in [1.54, 1.807) is 0 Å². The number of nitrogens with zero attached hydrogens (tertiary/aromatic N) is 2. The second kappa shape index (κ2) is 5.35. The van der Waals surface area contributed by atoms with Crippen molar-refractivity contribution in [1.29, 1.82) is 0 Å². The van der Waals surface area contributed by atoms with Gasteiger partial charge in [0, 0.05) is 25.5 Å². The van der Waals surface area contributed by atoms with Gasteiger partial charge in [0.15, 0.2) is 0 Å². The molecule has 2 nitrogen and oxygen atoms in total. The quantitative estimate of drug-likeness (QED) is 0.821. The molecule has 78 valence electrons. The van der Waals surface area contributed by atoms with Crippen molar-refractivity contribution in [1.82, 2.24) is 4.98 Å². The molecule has 1 rings (SSSR count). The molecule has 0 radical (unpaired) electrons. The van der Waals surface area contributed by atoms with Gasteiger partial charge in [-0.2, -0.15) is 0 Å².